The average Bonchev–Trinajstić information content (AvgIpc) is 2.37. The standard InChI is InChI=1S/C15H23NO2/c1-4-8-12(2)11-18-14(17)15(3,16)13-9-6-5-7-10-13/h5-7,9-10,12H,4,8,11,16H2,1-3H3. The molecule has 0 aromatic heterocycles. The molecule has 0 bridgehead atoms. The summed E-state index contributed by atoms with van der Waals surface area (Å²) in [6, 6.07) is 9.32. The van der Waals surface area contributed by atoms with Gasteiger partial charge in [-0.2, -0.15) is 0 Å². The Hall–Kier alpha value is -1.35. The molecule has 18 heavy (non-hydrogen) atoms. The van der Waals surface area contributed by atoms with Crippen molar-refractivity contribution in [1.29, 1.82) is 0 Å². The van der Waals surface area contributed by atoms with Crippen LogP contribution in [0, 0.1) is 5.92 Å². The summed E-state index contributed by atoms with van der Waals surface area (Å²) in [4.78, 5) is 12.0. The van der Waals surface area contributed by atoms with Crippen LogP contribution in [0.25, 0.3) is 0 Å². The first-order valence-electron chi connectivity index (χ1n) is 6.50. The quantitative estimate of drug-likeness (QED) is 0.789. The maximum atomic E-state index is 12.0. The molecular formula is C15H23NO2. The van der Waals surface area contributed by atoms with E-state index in [1.165, 1.54) is 0 Å². The molecular weight excluding hydrogens is 226 g/mol. The van der Waals surface area contributed by atoms with Gasteiger partial charge in [0.15, 0.2) is 0 Å². The number of carbonyl (C=O) groups excluding carboxylic acids is 1. The number of hydrogen-bond donors (Lipinski definition) is 1. The molecule has 2 N–H and O–H groups in total. The SMILES string of the molecule is CCCC(C)COC(=O)C(C)(N)c1ccccc1. The number of nitrogens with two attached hydrogens (primary N) is 1. The predicted molar refractivity (Wildman–Crippen MR) is 73.0 cm³/mol. The second-order valence-corrected chi connectivity index (χ2v) is 5.06. The van der Waals surface area contributed by atoms with E-state index < -0.39 is 5.54 Å². The van der Waals surface area contributed by atoms with Crippen LogP contribution in [-0.4, -0.2) is 12.6 Å². The van der Waals surface area contributed by atoms with Crippen LogP contribution in [0.15, 0.2) is 30.3 Å². The third kappa shape index (κ3) is 3.84. The Morgan fingerprint density at radius 2 is 2.00 bits per heavy atom. The van der Waals surface area contributed by atoms with Crippen LogP contribution < -0.4 is 5.73 Å². The molecule has 2 unspecified atom stereocenters. The first kappa shape index (κ1) is 14.7. The van der Waals surface area contributed by atoms with Crippen molar-refractivity contribution in [1.82, 2.24) is 0 Å². The molecule has 0 heterocycles. The number of rotatable bonds is 6. The van der Waals surface area contributed by atoms with Gasteiger partial charge in [0, 0.05) is 0 Å². The van der Waals surface area contributed by atoms with E-state index in [9.17, 15) is 4.79 Å². The van der Waals surface area contributed by atoms with Crippen LogP contribution in [0.2, 0.25) is 0 Å². The highest BCUT2D eigenvalue weighted by atomic mass is 16.5. The third-order valence-corrected chi connectivity index (χ3v) is 3.08. The van der Waals surface area contributed by atoms with Gasteiger partial charge in [0.05, 0.1) is 6.61 Å². The number of hydrogen-bond acceptors (Lipinski definition) is 3. The first-order valence-corrected chi connectivity index (χ1v) is 6.50. The van der Waals surface area contributed by atoms with E-state index in [4.69, 9.17) is 10.5 Å². The molecule has 1 rings (SSSR count). The minimum atomic E-state index is -1.08. The van der Waals surface area contributed by atoms with Crippen molar-refractivity contribution in [3.63, 3.8) is 0 Å². The summed E-state index contributed by atoms with van der Waals surface area (Å²) in [6.45, 7) is 6.32. The van der Waals surface area contributed by atoms with Gasteiger partial charge >= 0.3 is 5.97 Å². The summed E-state index contributed by atoms with van der Waals surface area (Å²) < 4.78 is 5.31. The Morgan fingerprint density at radius 3 is 2.56 bits per heavy atom. The van der Waals surface area contributed by atoms with Crippen LogP contribution in [0.1, 0.15) is 39.2 Å². The van der Waals surface area contributed by atoms with Crippen LogP contribution in [-0.2, 0) is 15.1 Å². The third-order valence-electron chi connectivity index (χ3n) is 3.08. The van der Waals surface area contributed by atoms with E-state index in [1.54, 1.807) is 6.92 Å². The molecule has 3 heteroatoms. The zero-order valence-corrected chi connectivity index (χ0v) is 11.5. The molecule has 0 fully saturated rings. The molecule has 0 radical (unpaired) electrons. The van der Waals surface area contributed by atoms with Crippen LogP contribution in [0.5, 0.6) is 0 Å². The van der Waals surface area contributed by atoms with E-state index in [1.807, 2.05) is 30.3 Å². The molecule has 0 saturated heterocycles. The summed E-state index contributed by atoms with van der Waals surface area (Å²) >= 11 is 0. The van der Waals surface area contributed by atoms with E-state index >= 15 is 0 Å². The second kappa shape index (κ2) is 6.55. The fraction of sp³-hybridized carbons (Fsp3) is 0.533. The molecule has 0 aliphatic rings. The van der Waals surface area contributed by atoms with Gasteiger partial charge in [0.1, 0.15) is 5.54 Å². The van der Waals surface area contributed by atoms with Crippen LogP contribution >= 0.6 is 0 Å². The fourth-order valence-electron chi connectivity index (χ4n) is 1.85. The van der Waals surface area contributed by atoms with Crippen molar-refractivity contribution in [3.8, 4) is 0 Å². The number of ether oxygens (including phenoxy) is 1. The average molecular weight is 249 g/mol. The Kier molecular flexibility index (Phi) is 5.35. The minimum absolute atomic E-state index is 0.364. The second-order valence-electron chi connectivity index (χ2n) is 5.06. The lowest BCUT2D eigenvalue weighted by Gasteiger charge is -2.24. The molecule has 3 nitrogen and oxygen atoms in total. The molecule has 0 saturated carbocycles. The predicted octanol–water partition coefficient (Wildman–Crippen LogP) is 2.84. The summed E-state index contributed by atoms with van der Waals surface area (Å²) in [7, 11) is 0. The highest BCUT2D eigenvalue weighted by Gasteiger charge is 2.32. The largest absolute Gasteiger partial charge is 0.464 e. The lowest BCUT2D eigenvalue weighted by Crippen LogP contribution is -2.43. The molecule has 0 amide bonds. The van der Waals surface area contributed by atoms with Crippen LogP contribution in [0.3, 0.4) is 0 Å². The van der Waals surface area contributed by atoms with Crippen molar-refractivity contribution >= 4 is 5.97 Å². The molecule has 1 aromatic carbocycles. The van der Waals surface area contributed by atoms with Gasteiger partial charge in [0.2, 0.25) is 0 Å². The number of benzene rings is 1. The summed E-state index contributed by atoms with van der Waals surface area (Å²) in [5, 5.41) is 0. The van der Waals surface area contributed by atoms with E-state index in [-0.39, 0.29) is 5.97 Å². The molecule has 1 aromatic rings. The minimum Gasteiger partial charge on any atom is -0.464 e. The summed E-state index contributed by atoms with van der Waals surface area (Å²) in [6.07, 6.45) is 2.15. The molecule has 0 aliphatic carbocycles. The molecule has 0 spiro atoms. The van der Waals surface area contributed by atoms with Crippen molar-refractivity contribution in [2.45, 2.75) is 39.2 Å². The lowest BCUT2D eigenvalue weighted by molar-refractivity contribution is -0.151. The maximum Gasteiger partial charge on any atom is 0.330 e. The Labute approximate surface area is 109 Å². The number of carbonyl (C=O) groups is 1. The van der Waals surface area contributed by atoms with E-state index in [0.717, 1.165) is 18.4 Å². The van der Waals surface area contributed by atoms with Gasteiger partial charge in [-0.1, -0.05) is 50.6 Å². The van der Waals surface area contributed by atoms with Gasteiger partial charge in [-0.25, -0.2) is 4.79 Å². The monoisotopic (exact) mass is 249 g/mol. The Balaban J connectivity index is 2.60. The molecule has 2 atom stereocenters. The summed E-state index contributed by atoms with van der Waals surface area (Å²) in [5.74, 6) is 0.0159. The van der Waals surface area contributed by atoms with Crippen molar-refractivity contribution in [3.05, 3.63) is 35.9 Å². The van der Waals surface area contributed by atoms with Gasteiger partial charge in [0.25, 0.3) is 0 Å². The normalized spacial score (nSPS) is 15.8. The zero-order valence-electron chi connectivity index (χ0n) is 11.5. The Bertz CT molecular complexity index is 373. The lowest BCUT2D eigenvalue weighted by atomic mass is 9.93. The summed E-state index contributed by atoms with van der Waals surface area (Å²) in [5.41, 5.74) is 5.77. The smallest absolute Gasteiger partial charge is 0.330 e. The van der Waals surface area contributed by atoms with Crippen LogP contribution in [0.4, 0.5) is 0 Å². The van der Waals surface area contributed by atoms with E-state index in [0.29, 0.717) is 12.5 Å². The van der Waals surface area contributed by atoms with Gasteiger partial charge in [-0.05, 0) is 24.8 Å². The zero-order chi connectivity index (χ0) is 13.6. The maximum absolute atomic E-state index is 12.0. The van der Waals surface area contributed by atoms with Crippen molar-refractivity contribution in [2.24, 2.45) is 11.7 Å². The van der Waals surface area contributed by atoms with E-state index in [2.05, 4.69) is 13.8 Å². The first-order chi connectivity index (χ1) is 8.48. The van der Waals surface area contributed by atoms with Crippen molar-refractivity contribution in [2.75, 3.05) is 6.61 Å². The van der Waals surface area contributed by atoms with Gasteiger partial charge in [-0.3, -0.25) is 0 Å². The fourth-order valence-corrected chi connectivity index (χ4v) is 1.85. The topological polar surface area (TPSA) is 52.3 Å². The Morgan fingerprint density at radius 1 is 1.39 bits per heavy atom. The molecule has 0 aliphatic heterocycles. The highest BCUT2D eigenvalue weighted by Crippen LogP contribution is 2.19. The van der Waals surface area contributed by atoms with Gasteiger partial charge < -0.3 is 10.5 Å². The highest BCUT2D eigenvalue weighted by molar-refractivity contribution is 5.81. The van der Waals surface area contributed by atoms with Gasteiger partial charge in [-0.15, -0.1) is 0 Å². The molecule has 100 valence electrons. The van der Waals surface area contributed by atoms with Crippen molar-refractivity contribution < 1.29 is 9.53 Å². The number of esters is 1.